The van der Waals surface area contributed by atoms with Crippen molar-refractivity contribution in [1.29, 1.82) is 0 Å². The number of benzene rings is 1. The molecule has 7 heteroatoms. The first kappa shape index (κ1) is 16.3. The van der Waals surface area contributed by atoms with Crippen molar-refractivity contribution in [2.45, 2.75) is 38.5 Å². The summed E-state index contributed by atoms with van der Waals surface area (Å²) in [5.41, 5.74) is 8.33. The average molecular weight is 298 g/mol. The highest BCUT2D eigenvalue weighted by Crippen LogP contribution is 2.25. The monoisotopic (exact) mass is 297 g/mol. The first-order chi connectivity index (χ1) is 9.24. The van der Waals surface area contributed by atoms with Gasteiger partial charge in [-0.25, -0.2) is 4.79 Å². The van der Waals surface area contributed by atoms with Crippen molar-refractivity contribution < 1.29 is 14.6 Å². The fourth-order valence-electron chi connectivity index (χ4n) is 1.52. The largest absolute Gasteiger partial charge is 0.458 e. The fraction of sp³-hybridized carbons (Fsp3) is 0.462. The van der Waals surface area contributed by atoms with E-state index in [1.165, 1.54) is 0 Å². The molecule has 6 nitrogen and oxygen atoms in total. The second kappa shape index (κ2) is 6.61. The maximum Gasteiger partial charge on any atom is 0.336 e. The van der Waals surface area contributed by atoms with E-state index in [0.29, 0.717) is 10.6 Å². The second-order valence-electron chi connectivity index (χ2n) is 5.18. The Kier molecular flexibility index (Phi) is 5.39. The number of rotatable bonds is 4. The molecule has 0 amide bonds. The van der Waals surface area contributed by atoms with Crippen LogP contribution in [0.3, 0.4) is 0 Å². The van der Waals surface area contributed by atoms with Crippen LogP contribution in [-0.4, -0.2) is 22.8 Å². The molecule has 0 aromatic heterocycles. The molecule has 0 unspecified atom stereocenters. The molecule has 108 valence electrons. The molecular formula is C13H16ClN3O3. The summed E-state index contributed by atoms with van der Waals surface area (Å²) < 4.78 is 5.07. The minimum absolute atomic E-state index is 0.477. The third kappa shape index (κ3) is 4.74. The first-order valence-corrected chi connectivity index (χ1v) is 6.33. The normalized spacial score (nSPS) is 14.1. The molecule has 0 saturated carbocycles. The van der Waals surface area contributed by atoms with Gasteiger partial charge >= 0.3 is 5.97 Å². The van der Waals surface area contributed by atoms with Gasteiger partial charge in [-0.3, -0.25) is 0 Å². The summed E-state index contributed by atoms with van der Waals surface area (Å²) >= 11 is 5.77. The molecular weight excluding hydrogens is 282 g/mol. The van der Waals surface area contributed by atoms with Gasteiger partial charge in [0, 0.05) is 9.93 Å². The highest BCUT2D eigenvalue weighted by Gasteiger charge is 2.31. The van der Waals surface area contributed by atoms with Crippen LogP contribution in [0, 0.1) is 0 Å². The number of carbonyl (C=O) groups is 1. The van der Waals surface area contributed by atoms with Crippen molar-refractivity contribution in [1.82, 2.24) is 0 Å². The van der Waals surface area contributed by atoms with Crippen LogP contribution in [0.15, 0.2) is 29.4 Å². The van der Waals surface area contributed by atoms with E-state index in [-0.39, 0.29) is 0 Å². The molecule has 0 aliphatic heterocycles. The Hall–Kier alpha value is -1.75. The van der Waals surface area contributed by atoms with Crippen LogP contribution < -0.4 is 0 Å². The number of nitrogens with zero attached hydrogens (tertiary/aromatic N) is 3. The van der Waals surface area contributed by atoms with E-state index in [2.05, 4.69) is 10.0 Å². The number of halogens is 1. The summed E-state index contributed by atoms with van der Waals surface area (Å²) in [7, 11) is 0. The van der Waals surface area contributed by atoms with Crippen molar-refractivity contribution in [2.75, 3.05) is 0 Å². The van der Waals surface area contributed by atoms with Crippen LogP contribution in [0.5, 0.6) is 0 Å². The average Bonchev–Trinajstić information content (AvgIpc) is 2.34. The van der Waals surface area contributed by atoms with E-state index in [9.17, 15) is 9.90 Å². The van der Waals surface area contributed by atoms with E-state index in [4.69, 9.17) is 21.9 Å². The molecule has 1 aromatic carbocycles. The minimum atomic E-state index is -1.58. The number of azide groups is 1. The highest BCUT2D eigenvalue weighted by atomic mass is 35.5. The van der Waals surface area contributed by atoms with Gasteiger partial charge in [0.1, 0.15) is 5.60 Å². The van der Waals surface area contributed by atoms with Crippen molar-refractivity contribution in [3.63, 3.8) is 0 Å². The quantitative estimate of drug-likeness (QED) is 0.399. The van der Waals surface area contributed by atoms with E-state index in [1.807, 2.05) is 0 Å². The van der Waals surface area contributed by atoms with Gasteiger partial charge in [0.25, 0.3) is 0 Å². The predicted molar refractivity (Wildman–Crippen MR) is 75.2 cm³/mol. The molecule has 20 heavy (non-hydrogen) atoms. The zero-order valence-corrected chi connectivity index (χ0v) is 12.2. The Morgan fingerprint density at radius 1 is 1.40 bits per heavy atom. The number of ether oxygens (including phenoxy) is 1. The Bertz CT molecular complexity index is 519. The molecule has 2 atom stereocenters. The summed E-state index contributed by atoms with van der Waals surface area (Å²) in [6, 6.07) is 5.26. The Morgan fingerprint density at radius 3 is 2.40 bits per heavy atom. The Labute approximate surface area is 121 Å². The third-order valence-corrected chi connectivity index (χ3v) is 2.59. The molecule has 0 radical (unpaired) electrons. The van der Waals surface area contributed by atoms with E-state index in [1.54, 1.807) is 45.0 Å². The fourth-order valence-corrected chi connectivity index (χ4v) is 1.64. The van der Waals surface area contributed by atoms with Crippen LogP contribution >= 0.6 is 11.6 Å². The number of carbonyl (C=O) groups excluding carboxylic acids is 1. The van der Waals surface area contributed by atoms with Gasteiger partial charge < -0.3 is 9.84 Å². The number of aliphatic hydroxyl groups excluding tert-OH is 1. The third-order valence-electron chi connectivity index (χ3n) is 2.33. The Balaban J connectivity index is 2.99. The minimum Gasteiger partial charge on any atom is -0.458 e. The molecule has 0 heterocycles. The van der Waals surface area contributed by atoms with Gasteiger partial charge in [0.2, 0.25) is 0 Å². The van der Waals surface area contributed by atoms with Gasteiger partial charge in [-0.05, 0) is 44.0 Å². The summed E-state index contributed by atoms with van der Waals surface area (Å²) in [5, 5.41) is 14.0. The lowest BCUT2D eigenvalue weighted by Gasteiger charge is -2.24. The summed E-state index contributed by atoms with van der Waals surface area (Å²) in [5.74, 6) is -0.843. The van der Waals surface area contributed by atoms with Crippen molar-refractivity contribution >= 4 is 17.6 Å². The van der Waals surface area contributed by atoms with Gasteiger partial charge in [-0.2, -0.15) is 0 Å². The number of hydrogen-bond acceptors (Lipinski definition) is 4. The molecule has 0 fully saturated rings. The molecule has 0 aliphatic carbocycles. The van der Waals surface area contributed by atoms with E-state index >= 15 is 0 Å². The molecule has 0 aliphatic rings. The van der Waals surface area contributed by atoms with Gasteiger partial charge in [-0.1, -0.05) is 28.8 Å². The van der Waals surface area contributed by atoms with Gasteiger partial charge in [-0.15, -0.1) is 0 Å². The SMILES string of the molecule is CC(C)(C)OC(=O)[C@@H](O)[C@H](N=[N+]=[N-])c1ccc(Cl)cc1. The molecule has 1 rings (SSSR count). The van der Waals surface area contributed by atoms with Crippen LogP contribution in [0.1, 0.15) is 32.4 Å². The summed E-state index contributed by atoms with van der Waals surface area (Å²) in [6.07, 6.45) is -1.58. The zero-order chi connectivity index (χ0) is 15.3. The molecule has 0 spiro atoms. The predicted octanol–water partition coefficient (Wildman–Crippen LogP) is 3.39. The number of hydrogen-bond donors (Lipinski definition) is 1. The lowest BCUT2D eigenvalue weighted by molar-refractivity contribution is -0.166. The van der Waals surface area contributed by atoms with Crippen LogP contribution in [-0.2, 0) is 9.53 Å². The smallest absolute Gasteiger partial charge is 0.336 e. The van der Waals surface area contributed by atoms with Crippen LogP contribution in [0.2, 0.25) is 5.02 Å². The summed E-state index contributed by atoms with van der Waals surface area (Å²) in [6.45, 7) is 5.05. The molecule has 1 N–H and O–H groups in total. The maximum atomic E-state index is 11.8. The van der Waals surface area contributed by atoms with Crippen molar-refractivity contribution in [2.24, 2.45) is 5.11 Å². The van der Waals surface area contributed by atoms with Gasteiger partial charge in [0.05, 0.1) is 6.04 Å². The number of esters is 1. The van der Waals surface area contributed by atoms with E-state index in [0.717, 1.165) is 0 Å². The van der Waals surface area contributed by atoms with Gasteiger partial charge in [0.15, 0.2) is 6.10 Å². The van der Waals surface area contributed by atoms with Crippen LogP contribution in [0.25, 0.3) is 10.4 Å². The number of aliphatic hydroxyl groups is 1. The lowest BCUT2D eigenvalue weighted by Crippen LogP contribution is -2.34. The summed E-state index contributed by atoms with van der Waals surface area (Å²) in [4.78, 5) is 14.5. The molecule has 0 saturated heterocycles. The lowest BCUT2D eigenvalue weighted by atomic mass is 10.0. The van der Waals surface area contributed by atoms with Crippen molar-refractivity contribution in [3.05, 3.63) is 45.3 Å². The Morgan fingerprint density at radius 2 is 1.95 bits per heavy atom. The topological polar surface area (TPSA) is 95.3 Å². The van der Waals surface area contributed by atoms with E-state index < -0.39 is 23.7 Å². The highest BCUT2D eigenvalue weighted by molar-refractivity contribution is 6.30. The van der Waals surface area contributed by atoms with Crippen molar-refractivity contribution in [3.8, 4) is 0 Å². The zero-order valence-electron chi connectivity index (χ0n) is 11.4. The molecule has 1 aromatic rings. The van der Waals surface area contributed by atoms with Crippen LogP contribution in [0.4, 0.5) is 0 Å². The standard InChI is InChI=1S/C13H16ClN3O3/c1-13(2,3)20-12(19)11(18)10(16-17-15)8-4-6-9(14)7-5-8/h4-7,10-11,18H,1-3H3/t10-,11+/m1/s1. The maximum absolute atomic E-state index is 11.8. The second-order valence-corrected chi connectivity index (χ2v) is 5.62. The molecule has 0 bridgehead atoms. The first-order valence-electron chi connectivity index (χ1n) is 5.95.